The maximum absolute atomic E-state index is 2.40. The van der Waals surface area contributed by atoms with Gasteiger partial charge in [0.2, 0.25) is 0 Å². The maximum atomic E-state index is 2.40. The molecule has 33 heavy (non-hydrogen) atoms. The van der Waals surface area contributed by atoms with Crippen LogP contribution in [0.5, 0.6) is 0 Å². The molecule has 0 bridgehead atoms. The fourth-order valence-electron chi connectivity index (χ4n) is 5.43. The van der Waals surface area contributed by atoms with E-state index in [4.69, 9.17) is 0 Å². The van der Waals surface area contributed by atoms with E-state index in [2.05, 4.69) is 109 Å². The molecule has 156 valence electrons. The highest BCUT2D eigenvalue weighted by atomic mass is 32.1. The second-order valence-corrected chi connectivity index (χ2v) is 9.87. The van der Waals surface area contributed by atoms with E-state index in [-0.39, 0.29) is 0 Å². The van der Waals surface area contributed by atoms with Crippen LogP contribution in [0.3, 0.4) is 0 Å². The van der Waals surface area contributed by atoms with Gasteiger partial charge in [-0.2, -0.15) is 0 Å². The molecule has 0 fully saturated rings. The molecule has 0 unspecified atom stereocenters. The highest BCUT2D eigenvalue weighted by Gasteiger charge is 2.18. The van der Waals surface area contributed by atoms with Crippen LogP contribution in [0.1, 0.15) is 18.4 Å². The molecule has 0 atom stereocenters. The van der Waals surface area contributed by atoms with Crippen molar-refractivity contribution in [1.82, 2.24) is 0 Å². The van der Waals surface area contributed by atoms with Crippen molar-refractivity contribution < 1.29 is 0 Å². The van der Waals surface area contributed by atoms with Gasteiger partial charge in [-0.3, -0.25) is 0 Å². The molecule has 7 rings (SSSR count). The molecule has 0 saturated heterocycles. The minimum Gasteiger partial charge on any atom is -0.135 e. The number of thiophene rings is 1. The van der Waals surface area contributed by atoms with Crippen LogP contribution in [0, 0.1) is 0 Å². The number of hydrogen-bond acceptors (Lipinski definition) is 1. The van der Waals surface area contributed by atoms with Gasteiger partial charge < -0.3 is 0 Å². The number of hydrogen-bond donors (Lipinski definition) is 0. The van der Waals surface area contributed by atoms with Gasteiger partial charge in [0, 0.05) is 20.2 Å². The molecule has 0 amide bonds. The number of rotatable bonds is 2. The van der Waals surface area contributed by atoms with E-state index in [0.717, 1.165) is 12.8 Å². The summed E-state index contributed by atoms with van der Waals surface area (Å²) < 4.78 is 2.70. The molecule has 1 heterocycles. The van der Waals surface area contributed by atoms with Gasteiger partial charge in [-0.05, 0) is 74.8 Å². The van der Waals surface area contributed by atoms with Crippen LogP contribution < -0.4 is 0 Å². The van der Waals surface area contributed by atoms with Crippen LogP contribution in [-0.2, 0) is 0 Å². The van der Waals surface area contributed by atoms with Gasteiger partial charge in [0.1, 0.15) is 0 Å². The first kappa shape index (κ1) is 18.8. The number of allylic oxidation sites excluding steroid dienone is 4. The summed E-state index contributed by atoms with van der Waals surface area (Å²) in [6, 6.07) is 33.6. The molecule has 1 heteroatoms. The summed E-state index contributed by atoms with van der Waals surface area (Å²) in [7, 11) is 0. The van der Waals surface area contributed by atoms with Crippen molar-refractivity contribution in [1.29, 1.82) is 0 Å². The second-order valence-electron chi connectivity index (χ2n) is 8.79. The van der Waals surface area contributed by atoms with Gasteiger partial charge in [0.05, 0.1) is 0 Å². The monoisotopic (exact) mass is 438 g/mol. The molecule has 0 spiro atoms. The lowest BCUT2D eigenvalue weighted by atomic mass is 9.84. The third-order valence-corrected chi connectivity index (χ3v) is 8.03. The lowest BCUT2D eigenvalue weighted by Gasteiger charge is -2.19. The molecule has 0 aliphatic heterocycles. The molecule has 0 N–H and O–H groups in total. The molecule has 5 aromatic carbocycles. The summed E-state index contributed by atoms with van der Waals surface area (Å²) in [6.07, 6.45) is 9.25. The minimum absolute atomic E-state index is 1.11. The summed E-state index contributed by atoms with van der Waals surface area (Å²) in [5.74, 6) is 0. The number of fused-ring (bicyclic) bond motifs is 5. The highest BCUT2D eigenvalue weighted by Crippen LogP contribution is 2.44. The third-order valence-electron chi connectivity index (χ3n) is 6.88. The van der Waals surface area contributed by atoms with Crippen LogP contribution in [0.15, 0.2) is 109 Å². The summed E-state index contributed by atoms with van der Waals surface area (Å²) in [6.45, 7) is 0. The summed E-state index contributed by atoms with van der Waals surface area (Å²) >= 11 is 1.88. The fraction of sp³-hybridized carbons (Fsp3) is 0.0625. The Balaban J connectivity index is 1.61. The van der Waals surface area contributed by atoms with Gasteiger partial charge in [0.15, 0.2) is 0 Å². The Hall–Kier alpha value is -3.68. The van der Waals surface area contributed by atoms with Gasteiger partial charge in [-0.25, -0.2) is 0 Å². The smallest absolute Gasteiger partial charge is 0.0355 e. The topological polar surface area (TPSA) is 0 Å². The van der Waals surface area contributed by atoms with E-state index in [0.29, 0.717) is 0 Å². The quantitative estimate of drug-likeness (QED) is 0.236. The third kappa shape index (κ3) is 2.90. The molecule has 0 saturated carbocycles. The summed E-state index contributed by atoms with van der Waals surface area (Å²) in [4.78, 5) is 0. The van der Waals surface area contributed by atoms with E-state index in [1.54, 1.807) is 0 Å². The van der Waals surface area contributed by atoms with Crippen LogP contribution in [0.2, 0.25) is 0 Å². The Labute approximate surface area is 197 Å². The van der Waals surface area contributed by atoms with E-state index >= 15 is 0 Å². The lowest BCUT2D eigenvalue weighted by molar-refractivity contribution is 1.04. The Morgan fingerprint density at radius 1 is 0.515 bits per heavy atom. The van der Waals surface area contributed by atoms with Gasteiger partial charge in [0.25, 0.3) is 0 Å². The van der Waals surface area contributed by atoms with Crippen LogP contribution in [0.4, 0.5) is 0 Å². The van der Waals surface area contributed by atoms with E-state index in [9.17, 15) is 0 Å². The SMILES string of the molecule is C1=CC(c2c3ccccc3c(-c3ccc4sc5ccccc5c4c3)c3ccccc23)=CCC1. The average Bonchev–Trinajstić information content (AvgIpc) is 3.25. The zero-order valence-corrected chi connectivity index (χ0v) is 19.0. The van der Waals surface area contributed by atoms with Crippen LogP contribution in [0.25, 0.3) is 58.4 Å². The standard InChI is InChI=1S/C32H22S/c1-2-10-21(11-3-1)31-24-13-4-6-15-26(24)32(27-16-7-5-14-25(27)31)22-18-19-30-28(20-22)23-12-8-9-17-29(23)33-30/h2,4-20H,1,3H2. The number of benzene rings is 5. The molecule has 1 aliphatic carbocycles. The fourth-order valence-corrected chi connectivity index (χ4v) is 6.52. The Kier molecular flexibility index (Phi) is 4.25. The van der Waals surface area contributed by atoms with Crippen molar-refractivity contribution in [2.24, 2.45) is 0 Å². The van der Waals surface area contributed by atoms with E-state index < -0.39 is 0 Å². The van der Waals surface area contributed by atoms with Gasteiger partial charge >= 0.3 is 0 Å². The normalized spacial score (nSPS) is 13.9. The van der Waals surface area contributed by atoms with Gasteiger partial charge in [-0.1, -0.05) is 91.0 Å². The van der Waals surface area contributed by atoms with Gasteiger partial charge in [-0.15, -0.1) is 11.3 Å². The molecule has 0 radical (unpaired) electrons. The zero-order chi connectivity index (χ0) is 21.8. The summed E-state index contributed by atoms with van der Waals surface area (Å²) in [5.41, 5.74) is 5.34. The second kappa shape index (κ2) is 7.43. The van der Waals surface area contributed by atoms with Crippen LogP contribution in [-0.4, -0.2) is 0 Å². The summed E-state index contributed by atoms with van der Waals surface area (Å²) in [5, 5.41) is 8.01. The first-order valence-corrected chi connectivity index (χ1v) is 12.4. The molecule has 0 nitrogen and oxygen atoms in total. The Bertz CT molecular complexity index is 1700. The average molecular weight is 439 g/mol. The molecule has 6 aromatic rings. The zero-order valence-electron chi connectivity index (χ0n) is 18.2. The molecular formula is C32H22S. The first-order valence-electron chi connectivity index (χ1n) is 11.6. The van der Waals surface area contributed by atoms with Crippen molar-refractivity contribution in [3.63, 3.8) is 0 Å². The molecule has 1 aromatic heterocycles. The van der Waals surface area contributed by atoms with Crippen LogP contribution >= 0.6 is 11.3 Å². The minimum atomic E-state index is 1.11. The van der Waals surface area contributed by atoms with Crippen molar-refractivity contribution in [2.75, 3.05) is 0 Å². The van der Waals surface area contributed by atoms with E-state index in [1.165, 1.54) is 64.0 Å². The maximum Gasteiger partial charge on any atom is 0.0355 e. The van der Waals surface area contributed by atoms with Crippen molar-refractivity contribution >= 4 is 58.6 Å². The Morgan fingerprint density at radius 2 is 1.12 bits per heavy atom. The first-order chi connectivity index (χ1) is 16.4. The Morgan fingerprint density at radius 3 is 1.79 bits per heavy atom. The van der Waals surface area contributed by atoms with Crippen molar-refractivity contribution in [3.8, 4) is 11.1 Å². The predicted octanol–water partition coefficient (Wildman–Crippen LogP) is 9.76. The largest absolute Gasteiger partial charge is 0.135 e. The van der Waals surface area contributed by atoms with Crippen molar-refractivity contribution in [2.45, 2.75) is 12.8 Å². The van der Waals surface area contributed by atoms with E-state index in [1.807, 2.05) is 11.3 Å². The predicted molar refractivity (Wildman–Crippen MR) is 146 cm³/mol. The molecular weight excluding hydrogens is 416 g/mol. The lowest BCUT2D eigenvalue weighted by Crippen LogP contribution is -1.94. The molecule has 1 aliphatic rings. The highest BCUT2D eigenvalue weighted by molar-refractivity contribution is 7.25. The van der Waals surface area contributed by atoms with Crippen molar-refractivity contribution in [3.05, 3.63) is 115 Å².